The zero-order valence-corrected chi connectivity index (χ0v) is 9.29. The molecule has 0 radical (unpaired) electrons. The lowest BCUT2D eigenvalue weighted by atomic mass is 9.96. The highest BCUT2D eigenvalue weighted by Gasteiger charge is 2.22. The fourth-order valence-electron chi connectivity index (χ4n) is 1.57. The number of aliphatic carboxylic acids is 1. The van der Waals surface area contributed by atoms with Gasteiger partial charge in [-0.05, 0) is 30.2 Å². The predicted octanol–water partition coefficient (Wildman–Crippen LogP) is 0.736. The maximum Gasteiger partial charge on any atom is 0.306 e. The molecule has 0 amide bonds. The molecule has 1 aromatic rings. The highest BCUT2D eigenvalue weighted by Crippen LogP contribution is 2.23. The molecule has 0 fully saturated rings. The molecule has 0 spiro atoms. The second-order valence-corrected chi connectivity index (χ2v) is 3.79. The molecule has 0 aliphatic heterocycles. The maximum atomic E-state index is 10.4. The van der Waals surface area contributed by atoms with Crippen LogP contribution in [-0.2, 0) is 4.79 Å². The highest BCUT2D eigenvalue weighted by molar-refractivity contribution is 5.67. The Morgan fingerprint density at radius 3 is 2.59 bits per heavy atom. The van der Waals surface area contributed by atoms with Crippen LogP contribution in [0.2, 0.25) is 0 Å². The maximum absolute atomic E-state index is 10.4. The Bertz CT molecular complexity index is 464. The molecule has 0 saturated carbocycles. The smallest absolute Gasteiger partial charge is 0.306 e. The molecule has 0 bridgehead atoms. The number of rotatable bonds is 4. The van der Waals surface area contributed by atoms with Crippen molar-refractivity contribution in [1.82, 2.24) is 0 Å². The summed E-state index contributed by atoms with van der Waals surface area (Å²) in [6.07, 6.45) is -3.15. The average molecular weight is 235 g/mol. The first kappa shape index (κ1) is 13.2. The number of benzene rings is 1. The summed E-state index contributed by atoms with van der Waals surface area (Å²) in [4.78, 5) is 10.4. The predicted molar refractivity (Wildman–Crippen MR) is 59.1 cm³/mol. The van der Waals surface area contributed by atoms with Gasteiger partial charge in [-0.3, -0.25) is 4.79 Å². The van der Waals surface area contributed by atoms with Crippen LogP contribution in [0.5, 0.6) is 0 Å². The van der Waals surface area contributed by atoms with E-state index in [0.717, 1.165) is 0 Å². The second-order valence-electron chi connectivity index (χ2n) is 3.79. The summed E-state index contributed by atoms with van der Waals surface area (Å²) in [5.41, 5.74) is 1.52. The van der Waals surface area contributed by atoms with Gasteiger partial charge in [-0.15, -0.1) is 0 Å². The molecule has 5 nitrogen and oxygen atoms in total. The van der Waals surface area contributed by atoms with E-state index in [4.69, 9.17) is 10.4 Å². The number of carboxylic acids is 1. The Kier molecular flexibility index (Phi) is 4.21. The minimum absolute atomic E-state index is 0.428. The van der Waals surface area contributed by atoms with Gasteiger partial charge < -0.3 is 15.3 Å². The van der Waals surface area contributed by atoms with E-state index >= 15 is 0 Å². The quantitative estimate of drug-likeness (QED) is 0.714. The molecule has 2 unspecified atom stereocenters. The van der Waals surface area contributed by atoms with Crippen molar-refractivity contribution in [1.29, 1.82) is 5.26 Å². The largest absolute Gasteiger partial charge is 0.481 e. The van der Waals surface area contributed by atoms with Gasteiger partial charge in [0.2, 0.25) is 0 Å². The van der Waals surface area contributed by atoms with Crippen LogP contribution in [0.25, 0.3) is 0 Å². The third kappa shape index (κ3) is 3.28. The van der Waals surface area contributed by atoms with Gasteiger partial charge in [0.1, 0.15) is 6.10 Å². The van der Waals surface area contributed by atoms with Gasteiger partial charge in [0.15, 0.2) is 0 Å². The normalized spacial score (nSPS) is 13.8. The minimum Gasteiger partial charge on any atom is -0.481 e. The van der Waals surface area contributed by atoms with Gasteiger partial charge in [-0.25, -0.2) is 0 Å². The van der Waals surface area contributed by atoms with Gasteiger partial charge in [0.05, 0.1) is 24.2 Å². The van der Waals surface area contributed by atoms with Gasteiger partial charge >= 0.3 is 5.97 Å². The number of nitriles is 1. The van der Waals surface area contributed by atoms with Crippen LogP contribution >= 0.6 is 0 Å². The number of hydrogen-bond acceptors (Lipinski definition) is 4. The summed E-state index contributed by atoms with van der Waals surface area (Å²) < 4.78 is 0. The summed E-state index contributed by atoms with van der Waals surface area (Å²) in [5.74, 6) is -1.18. The summed E-state index contributed by atoms with van der Waals surface area (Å²) in [7, 11) is 0. The van der Waals surface area contributed by atoms with Crippen LogP contribution in [0.4, 0.5) is 0 Å². The summed E-state index contributed by atoms with van der Waals surface area (Å²) in [6, 6.07) is 6.56. The van der Waals surface area contributed by atoms with Crippen molar-refractivity contribution in [2.75, 3.05) is 0 Å². The number of carbonyl (C=O) groups is 1. The molecule has 3 N–H and O–H groups in total. The van der Waals surface area contributed by atoms with E-state index in [-0.39, 0.29) is 0 Å². The van der Waals surface area contributed by atoms with E-state index in [1.54, 1.807) is 13.0 Å². The van der Waals surface area contributed by atoms with Crippen LogP contribution in [0, 0.1) is 18.3 Å². The van der Waals surface area contributed by atoms with Crippen molar-refractivity contribution in [3.8, 4) is 6.07 Å². The van der Waals surface area contributed by atoms with Crippen molar-refractivity contribution >= 4 is 5.97 Å². The SMILES string of the molecule is Cc1cc(C#N)ccc1C(O)C(O)CC(=O)O. The third-order valence-corrected chi connectivity index (χ3v) is 2.47. The van der Waals surface area contributed by atoms with Crippen molar-refractivity contribution in [2.45, 2.75) is 25.6 Å². The molecule has 0 aliphatic rings. The van der Waals surface area contributed by atoms with E-state index < -0.39 is 24.6 Å². The Hall–Kier alpha value is -1.90. The first-order valence-electron chi connectivity index (χ1n) is 5.04. The molecular weight excluding hydrogens is 222 g/mol. The van der Waals surface area contributed by atoms with E-state index in [9.17, 15) is 15.0 Å². The second kappa shape index (κ2) is 5.43. The summed E-state index contributed by atoms with van der Waals surface area (Å²) >= 11 is 0. The van der Waals surface area contributed by atoms with Crippen molar-refractivity contribution in [2.24, 2.45) is 0 Å². The molecular formula is C12H13NO4. The first-order valence-corrected chi connectivity index (χ1v) is 5.04. The topological polar surface area (TPSA) is 102 Å². The fraction of sp³-hybridized carbons (Fsp3) is 0.333. The van der Waals surface area contributed by atoms with Crippen LogP contribution in [0.3, 0.4) is 0 Å². The fourth-order valence-corrected chi connectivity index (χ4v) is 1.57. The molecule has 17 heavy (non-hydrogen) atoms. The number of hydrogen-bond donors (Lipinski definition) is 3. The molecule has 0 heterocycles. The van der Waals surface area contributed by atoms with Crippen LogP contribution < -0.4 is 0 Å². The average Bonchev–Trinajstić information content (AvgIpc) is 2.27. The van der Waals surface area contributed by atoms with Crippen molar-refractivity contribution in [3.05, 3.63) is 34.9 Å². The first-order chi connectivity index (χ1) is 7.95. The molecule has 0 aromatic heterocycles. The Labute approximate surface area is 98.6 Å². The van der Waals surface area contributed by atoms with Crippen molar-refractivity contribution < 1.29 is 20.1 Å². The number of nitrogens with zero attached hydrogens (tertiary/aromatic N) is 1. The number of aryl methyl sites for hydroxylation is 1. The minimum atomic E-state index is -1.36. The van der Waals surface area contributed by atoms with E-state index in [1.165, 1.54) is 12.1 Å². The lowest BCUT2D eigenvalue weighted by Gasteiger charge is -2.18. The molecule has 5 heteroatoms. The third-order valence-electron chi connectivity index (χ3n) is 2.47. The molecule has 2 atom stereocenters. The number of aliphatic hydroxyl groups is 2. The Morgan fingerprint density at radius 2 is 2.12 bits per heavy atom. The molecule has 90 valence electrons. The molecule has 0 saturated heterocycles. The lowest BCUT2D eigenvalue weighted by Crippen LogP contribution is -2.22. The van der Waals surface area contributed by atoms with Crippen LogP contribution in [0.1, 0.15) is 29.2 Å². The molecule has 1 rings (SSSR count). The van der Waals surface area contributed by atoms with Gasteiger partial charge in [0, 0.05) is 0 Å². The number of carboxylic acid groups (broad SMARTS) is 1. The highest BCUT2D eigenvalue weighted by atomic mass is 16.4. The van der Waals surface area contributed by atoms with E-state index in [0.29, 0.717) is 16.7 Å². The standard InChI is InChI=1S/C12H13NO4/c1-7-4-8(6-13)2-3-9(7)12(17)10(14)5-11(15)16/h2-4,10,12,14,17H,5H2,1H3,(H,15,16). The summed E-state index contributed by atoms with van der Waals surface area (Å²) in [6.45, 7) is 1.69. The molecule has 0 aliphatic carbocycles. The van der Waals surface area contributed by atoms with Crippen LogP contribution in [-0.4, -0.2) is 27.4 Å². The number of aliphatic hydroxyl groups excluding tert-OH is 2. The zero-order chi connectivity index (χ0) is 13.0. The van der Waals surface area contributed by atoms with E-state index in [2.05, 4.69) is 0 Å². The Balaban J connectivity index is 2.93. The van der Waals surface area contributed by atoms with Gasteiger partial charge in [-0.2, -0.15) is 5.26 Å². The van der Waals surface area contributed by atoms with E-state index in [1.807, 2.05) is 6.07 Å². The zero-order valence-electron chi connectivity index (χ0n) is 9.29. The summed E-state index contributed by atoms with van der Waals surface area (Å²) in [5, 5.41) is 36.5. The lowest BCUT2D eigenvalue weighted by molar-refractivity contribution is -0.141. The Morgan fingerprint density at radius 1 is 1.47 bits per heavy atom. The van der Waals surface area contributed by atoms with Gasteiger partial charge in [-0.1, -0.05) is 6.07 Å². The van der Waals surface area contributed by atoms with Crippen molar-refractivity contribution in [3.63, 3.8) is 0 Å². The monoisotopic (exact) mass is 235 g/mol. The van der Waals surface area contributed by atoms with Crippen LogP contribution in [0.15, 0.2) is 18.2 Å². The van der Waals surface area contributed by atoms with Gasteiger partial charge in [0.25, 0.3) is 0 Å². The molecule has 1 aromatic carbocycles.